The molecular weight excluding hydrogens is 277 g/mol. The van der Waals surface area contributed by atoms with Gasteiger partial charge in [-0.1, -0.05) is 30.3 Å². The quantitative estimate of drug-likeness (QED) is 0.820. The van der Waals surface area contributed by atoms with E-state index >= 15 is 0 Å². The zero-order chi connectivity index (χ0) is 15.5. The maximum atomic E-state index is 13.6. The molecule has 0 aromatic heterocycles. The van der Waals surface area contributed by atoms with Crippen LogP contribution in [0.3, 0.4) is 0 Å². The van der Waals surface area contributed by atoms with E-state index in [4.69, 9.17) is 4.74 Å². The molecule has 0 unspecified atom stereocenters. The molecule has 1 aliphatic rings. The minimum Gasteiger partial charge on any atom is -0.489 e. The van der Waals surface area contributed by atoms with Gasteiger partial charge in [-0.15, -0.1) is 0 Å². The molecule has 2 nitrogen and oxygen atoms in total. The first-order valence-electron chi connectivity index (χ1n) is 7.83. The maximum Gasteiger partial charge on any atom is 0.129 e. The second-order valence-corrected chi connectivity index (χ2v) is 6.06. The van der Waals surface area contributed by atoms with E-state index in [0.717, 1.165) is 5.75 Å². The first kappa shape index (κ1) is 15.0. The van der Waals surface area contributed by atoms with E-state index in [-0.39, 0.29) is 12.4 Å². The summed E-state index contributed by atoms with van der Waals surface area (Å²) in [6, 6.07) is 16.1. The highest BCUT2D eigenvalue weighted by Gasteiger charge is 2.28. The number of rotatable bonds is 4. The van der Waals surface area contributed by atoms with Gasteiger partial charge in [-0.25, -0.2) is 4.39 Å². The molecule has 1 saturated heterocycles. The number of nitrogens with zero attached hydrogens (tertiary/aromatic N) is 1. The summed E-state index contributed by atoms with van der Waals surface area (Å²) >= 11 is 0. The van der Waals surface area contributed by atoms with Crippen molar-refractivity contribution >= 4 is 0 Å². The van der Waals surface area contributed by atoms with Gasteiger partial charge in [0.15, 0.2) is 0 Å². The van der Waals surface area contributed by atoms with E-state index in [1.165, 1.54) is 24.5 Å². The number of likely N-dealkylation sites (tertiary alicyclic amines) is 1. The molecule has 0 amide bonds. The van der Waals surface area contributed by atoms with Gasteiger partial charge in [0.1, 0.15) is 18.2 Å². The molecule has 116 valence electrons. The van der Waals surface area contributed by atoms with Crippen molar-refractivity contribution in [2.45, 2.75) is 38.5 Å². The zero-order valence-corrected chi connectivity index (χ0v) is 13.1. The van der Waals surface area contributed by atoms with Gasteiger partial charge in [-0.3, -0.25) is 4.90 Å². The molecule has 0 radical (unpaired) electrons. The van der Waals surface area contributed by atoms with Crippen molar-refractivity contribution in [3.63, 3.8) is 0 Å². The summed E-state index contributed by atoms with van der Waals surface area (Å²) < 4.78 is 19.2. The van der Waals surface area contributed by atoms with Gasteiger partial charge in [0, 0.05) is 17.6 Å². The minimum absolute atomic E-state index is 0.222. The Balaban J connectivity index is 1.64. The molecule has 0 N–H and O–H groups in total. The Morgan fingerprint density at radius 2 is 1.82 bits per heavy atom. The van der Waals surface area contributed by atoms with Gasteiger partial charge in [0.05, 0.1) is 0 Å². The van der Waals surface area contributed by atoms with Crippen LogP contribution in [0.15, 0.2) is 48.5 Å². The smallest absolute Gasteiger partial charge is 0.129 e. The predicted molar refractivity (Wildman–Crippen MR) is 86.4 cm³/mol. The molecule has 0 saturated carbocycles. The molecule has 2 atom stereocenters. The summed E-state index contributed by atoms with van der Waals surface area (Å²) in [4.78, 5) is 2.43. The van der Waals surface area contributed by atoms with Crippen LogP contribution in [0.2, 0.25) is 0 Å². The lowest BCUT2D eigenvalue weighted by atomic mass is 10.0. The van der Waals surface area contributed by atoms with Crippen molar-refractivity contribution in [2.24, 2.45) is 0 Å². The molecule has 3 heteroatoms. The maximum absolute atomic E-state index is 13.6. The molecule has 1 heterocycles. The Morgan fingerprint density at radius 3 is 2.45 bits per heavy atom. The zero-order valence-electron chi connectivity index (χ0n) is 13.1. The predicted octanol–water partition coefficient (Wildman–Crippen LogP) is 4.56. The van der Waals surface area contributed by atoms with E-state index in [1.54, 1.807) is 12.1 Å². The van der Waals surface area contributed by atoms with Crippen molar-refractivity contribution in [3.05, 3.63) is 65.5 Å². The van der Waals surface area contributed by atoms with E-state index in [0.29, 0.717) is 17.6 Å². The Hall–Kier alpha value is -1.87. The highest BCUT2D eigenvalue weighted by Crippen LogP contribution is 2.34. The van der Waals surface area contributed by atoms with Crippen molar-refractivity contribution in [1.29, 1.82) is 0 Å². The number of hydrogen-bond donors (Lipinski definition) is 0. The van der Waals surface area contributed by atoms with Gasteiger partial charge >= 0.3 is 0 Å². The molecule has 2 aromatic rings. The van der Waals surface area contributed by atoms with Gasteiger partial charge in [0.2, 0.25) is 0 Å². The largest absolute Gasteiger partial charge is 0.489 e. The van der Waals surface area contributed by atoms with Crippen molar-refractivity contribution in [2.75, 3.05) is 7.05 Å². The fourth-order valence-electron chi connectivity index (χ4n) is 3.08. The highest BCUT2D eigenvalue weighted by molar-refractivity contribution is 5.30. The fraction of sp³-hybridized carbons (Fsp3) is 0.368. The van der Waals surface area contributed by atoms with Crippen LogP contribution in [0.25, 0.3) is 0 Å². The van der Waals surface area contributed by atoms with E-state index < -0.39 is 0 Å². The summed E-state index contributed by atoms with van der Waals surface area (Å²) in [5, 5.41) is 0. The van der Waals surface area contributed by atoms with Crippen LogP contribution >= 0.6 is 0 Å². The molecule has 0 spiro atoms. The molecule has 22 heavy (non-hydrogen) atoms. The second-order valence-electron chi connectivity index (χ2n) is 6.06. The van der Waals surface area contributed by atoms with Gasteiger partial charge in [-0.2, -0.15) is 0 Å². The fourth-order valence-corrected chi connectivity index (χ4v) is 3.08. The molecule has 3 rings (SSSR count). The molecule has 0 bridgehead atoms. The van der Waals surface area contributed by atoms with Gasteiger partial charge in [-0.05, 0) is 50.6 Å². The van der Waals surface area contributed by atoms with Crippen molar-refractivity contribution < 1.29 is 9.13 Å². The Bertz CT molecular complexity index is 626. The summed E-state index contributed by atoms with van der Waals surface area (Å²) in [6.45, 7) is 2.53. The lowest BCUT2D eigenvalue weighted by Crippen LogP contribution is -2.24. The monoisotopic (exact) mass is 299 g/mol. The topological polar surface area (TPSA) is 12.5 Å². The highest BCUT2D eigenvalue weighted by atomic mass is 19.1. The number of benzene rings is 2. The lowest BCUT2D eigenvalue weighted by Gasteiger charge is -2.23. The van der Waals surface area contributed by atoms with E-state index in [2.05, 4.69) is 31.0 Å². The number of halogens is 1. The Morgan fingerprint density at radius 1 is 1.09 bits per heavy atom. The standard InChI is InChI=1S/C19H22FNO/c1-14-7-12-19(21(14)2)15-8-10-17(11-9-15)22-13-16-5-3-4-6-18(16)20/h3-6,8-11,14,19H,7,12-13H2,1-2H3/t14-,19-/m1/s1. The van der Waals surface area contributed by atoms with Crippen LogP contribution in [-0.4, -0.2) is 18.0 Å². The van der Waals surface area contributed by atoms with Crippen LogP contribution in [0.5, 0.6) is 5.75 Å². The lowest BCUT2D eigenvalue weighted by molar-refractivity contribution is 0.256. The summed E-state index contributed by atoms with van der Waals surface area (Å²) in [5.41, 5.74) is 1.90. The average Bonchev–Trinajstić information content (AvgIpc) is 2.87. The first-order valence-corrected chi connectivity index (χ1v) is 7.83. The van der Waals surface area contributed by atoms with E-state index in [1.807, 2.05) is 18.2 Å². The summed E-state index contributed by atoms with van der Waals surface area (Å²) in [7, 11) is 2.19. The molecular formula is C19H22FNO. The van der Waals surface area contributed by atoms with Crippen LogP contribution in [0.4, 0.5) is 4.39 Å². The van der Waals surface area contributed by atoms with Crippen LogP contribution in [0.1, 0.15) is 36.9 Å². The third-order valence-corrected chi connectivity index (χ3v) is 4.66. The number of hydrogen-bond acceptors (Lipinski definition) is 2. The van der Waals surface area contributed by atoms with Gasteiger partial charge < -0.3 is 4.74 Å². The normalized spacial score (nSPS) is 22.0. The van der Waals surface area contributed by atoms with Gasteiger partial charge in [0.25, 0.3) is 0 Å². The Kier molecular flexibility index (Phi) is 4.44. The molecule has 2 aromatic carbocycles. The van der Waals surface area contributed by atoms with Crippen molar-refractivity contribution in [3.8, 4) is 5.75 Å². The SMILES string of the molecule is C[C@@H]1CC[C@H](c2ccc(OCc3ccccc3F)cc2)N1C. The Labute approximate surface area is 131 Å². The van der Waals surface area contributed by atoms with Crippen LogP contribution in [0, 0.1) is 5.82 Å². The average molecular weight is 299 g/mol. The van der Waals surface area contributed by atoms with Crippen LogP contribution < -0.4 is 4.74 Å². The van der Waals surface area contributed by atoms with E-state index in [9.17, 15) is 4.39 Å². The molecule has 0 aliphatic carbocycles. The summed E-state index contributed by atoms with van der Waals surface area (Å²) in [6.07, 6.45) is 2.44. The van der Waals surface area contributed by atoms with Crippen molar-refractivity contribution in [1.82, 2.24) is 4.90 Å². The van der Waals surface area contributed by atoms with Crippen LogP contribution in [-0.2, 0) is 6.61 Å². The minimum atomic E-state index is -0.222. The third-order valence-electron chi connectivity index (χ3n) is 4.66. The second kappa shape index (κ2) is 6.49. The third kappa shape index (κ3) is 3.14. The first-order chi connectivity index (χ1) is 10.6. The summed E-state index contributed by atoms with van der Waals surface area (Å²) in [5.74, 6) is 0.557. The molecule has 1 fully saturated rings. The number of ether oxygens (including phenoxy) is 1. The molecule has 1 aliphatic heterocycles.